The number of para-hydroxylation sites is 1. The minimum atomic E-state index is -0.0634. The Morgan fingerprint density at radius 2 is 2.14 bits per heavy atom. The quantitative estimate of drug-likeness (QED) is 0.942. The zero-order chi connectivity index (χ0) is 15.5. The molecule has 22 heavy (non-hydrogen) atoms. The number of rotatable bonds is 3. The predicted molar refractivity (Wildman–Crippen MR) is 88.3 cm³/mol. The minimum Gasteiger partial charge on any atom is -0.395 e. The summed E-state index contributed by atoms with van der Waals surface area (Å²) in [5, 5.41) is 9.95. The highest BCUT2D eigenvalue weighted by molar-refractivity contribution is 5.78. The first-order valence-corrected chi connectivity index (χ1v) is 8.06. The standard InChI is InChI=1S/C17H23N3O2/c1-13-6-4-5-9-19(12-13)17-18-15-8-3-2-7-14(15)16(22)20(17)10-11-21/h2-3,7-8,13,21H,4-6,9-12H2,1H3. The van der Waals surface area contributed by atoms with Crippen molar-refractivity contribution in [1.29, 1.82) is 0 Å². The monoisotopic (exact) mass is 301 g/mol. The normalized spacial score (nSPS) is 19.4. The third kappa shape index (κ3) is 2.86. The van der Waals surface area contributed by atoms with E-state index in [1.165, 1.54) is 12.8 Å². The summed E-state index contributed by atoms with van der Waals surface area (Å²) >= 11 is 0. The van der Waals surface area contributed by atoms with Crippen LogP contribution in [0.5, 0.6) is 0 Å². The lowest BCUT2D eigenvalue weighted by molar-refractivity contribution is 0.274. The first-order valence-electron chi connectivity index (χ1n) is 8.06. The van der Waals surface area contributed by atoms with Gasteiger partial charge < -0.3 is 10.0 Å². The molecule has 1 N–H and O–H groups in total. The summed E-state index contributed by atoms with van der Waals surface area (Å²) in [4.78, 5) is 19.7. The summed E-state index contributed by atoms with van der Waals surface area (Å²) in [6, 6.07) is 7.43. The molecule has 1 saturated heterocycles. The summed E-state index contributed by atoms with van der Waals surface area (Å²) < 4.78 is 1.63. The van der Waals surface area contributed by atoms with Gasteiger partial charge in [0.1, 0.15) is 0 Å². The summed E-state index contributed by atoms with van der Waals surface area (Å²) in [5.74, 6) is 1.29. The number of aliphatic hydroxyl groups excluding tert-OH is 1. The van der Waals surface area contributed by atoms with Crippen molar-refractivity contribution in [3.8, 4) is 0 Å². The lowest BCUT2D eigenvalue weighted by Crippen LogP contribution is -2.35. The molecular formula is C17H23N3O2. The summed E-state index contributed by atoms with van der Waals surface area (Å²) in [6.45, 7) is 4.30. The van der Waals surface area contributed by atoms with Gasteiger partial charge in [-0.25, -0.2) is 4.98 Å². The van der Waals surface area contributed by atoms with Crippen LogP contribution < -0.4 is 10.5 Å². The molecule has 118 valence electrons. The first-order chi connectivity index (χ1) is 10.7. The third-order valence-electron chi connectivity index (χ3n) is 4.35. The predicted octanol–water partition coefficient (Wildman–Crippen LogP) is 2.02. The fourth-order valence-corrected chi connectivity index (χ4v) is 3.24. The van der Waals surface area contributed by atoms with Gasteiger partial charge in [0.25, 0.3) is 5.56 Å². The number of anilines is 1. The van der Waals surface area contributed by atoms with E-state index < -0.39 is 0 Å². The van der Waals surface area contributed by atoms with Crippen LogP contribution in [0.15, 0.2) is 29.1 Å². The molecule has 1 aliphatic heterocycles. The van der Waals surface area contributed by atoms with Crippen molar-refractivity contribution in [2.45, 2.75) is 32.7 Å². The fraction of sp³-hybridized carbons (Fsp3) is 0.529. The molecule has 1 unspecified atom stereocenters. The molecule has 5 heteroatoms. The van der Waals surface area contributed by atoms with Crippen LogP contribution in [0.3, 0.4) is 0 Å². The molecule has 1 aromatic heterocycles. The van der Waals surface area contributed by atoms with Crippen molar-refractivity contribution in [3.05, 3.63) is 34.6 Å². The van der Waals surface area contributed by atoms with E-state index in [1.807, 2.05) is 18.2 Å². The molecule has 0 aliphatic carbocycles. The molecule has 1 aliphatic rings. The van der Waals surface area contributed by atoms with Gasteiger partial charge in [-0.1, -0.05) is 25.5 Å². The Balaban J connectivity index is 2.13. The highest BCUT2D eigenvalue weighted by Crippen LogP contribution is 2.21. The average Bonchev–Trinajstić information content (AvgIpc) is 2.74. The molecule has 0 radical (unpaired) electrons. The maximum Gasteiger partial charge on any atom is 0.262 e. The Hall–Kier alpha value is -1.88. The molecule has 3 rings (SSSR count). The van der Waals surface area contributed by atoms with Crippen LogP contribution >= 0.6 is 0 Å². The summed E-state index contributed by atoms with van der Waals surface area (Å²) in [6.07, 6.45) is 3.55. The SMILES string of the molecule is CC1CCCCN(c2nc3ccccc3c(=O)n2CCO)C1. The maximum atomic E-state index is 12.7. The zero-order valence-corrected chi connectivity index (χ0v) is 13.0. The van der Waals surface area contributed by atoms with Gasteiger partial charge in [-0.2, -0.15) is 0 Å². The number of nitrogens with zero attached hydrogens (tertiary/aromatic N) is 3. The molecule has 0 amide bonds. The summed E-state index contributed by atoms with van der Waals surface area (Å²) in [7, 11) is 0. The summed E-state index contributed by atoms with van der Waals surface area (Å²) in [5.41, 5.74) is 0.667. The van der Waals surface area contributed by atoms with Gasteiger partial charge in [-0.05, 0) is 30.9 Å². The Morgan fingerprint density at radius 1 is 1.32 bits per heavy atom. The van der Waals surface area contributed by atoms with E-state index in [9.17, 15) is 9.90 Å². The van der Waals surface area contributed by atoms with E-state index in [0.29, 0.717) is 17.3 Å². The number of hydrogen-bond donors (Lipinski definition) is 1. The largest absolute Gasteiger partial charge is 0.395 e. The van der Waals surface area contributed by atoms with E-state index in [4.69, 9.17) is 4.98 Å². The van der Waals surface area contributed by atoms with E-state index in [1.54, 1.807) is 10.6 Å². The molecule has 5 nitrogen and oxygen atoms in total. The van der Waals surface area contributed by atoms with Crippen LogP contribution in [0.1, 0.15) is 26.2 Å². The van der Waals surface area contributed by atoms with Crippen molar-refractivity contribution in [2.24, 2.45) is 5.92 Å². The van der Waals surface area contributed by atoms with Crippen LogP contribution in [0.4, 0.5) is 5.95 Å². The fourth-order valence-electron chi connectivity index (χ4n) is 3.24. The second kappa shape index (κ2) is 6.48. The lowest BCUT2D eigenvalue weighted by atomic mass is 10.1. The Labute approximate surface area is 130 Å². The van der Waals surface area contributed by atoms with Gasteiger partial charge in [-0.15, -0.1) is 0 Å². The molecule has 1 atom stereocenters. The highest BCUT2D eigenvalue weighted by atomic mass is 16.3. The van der Waals surface area contributed by atoms with Crippen molar-refractivity contribution < 1.29 is 5.11 Å². The van der Waals surface area contributed by atoms with Crippen molar-refractivity contribution in [1.82, 2.24) is 9.55 Å². The Bertz CT molecular complexity index is 711. The molecule has 0 bridgehead atoms. The molecule has 2 aromatic rings. The van der Waals surface area contributed by atoms with Gasteiger partial charge in [0.05, 0.1) is 24.1 Å². The molecule has 0 spiro atoms. The molecule has 1 fully saturated rings. The van der Waals surface area contributed by atoms with Gasteiger partial charge in [0.2, 0.25) is 5.95 Å². The van der Waals surface area contributed by atoms with Crippen LogP contribution in [-0.4, -0.2) is 34.4 Å². The first kappa shape index (κ1) is 15.0. The van der Waals surface area contributed by atoms with Gasteiger partial charge in [-0.3, -0.25) is 9.36 Å². The lowest BCUT2D eigenvalue weighted by Gasteiger charge is -2.26. The molecular weight excluding hydrogens is 278 g/mol. The van der Waals surface area contributed by atoms with Gasteiger partial charge in [0, 0.05) is 13.1 Å². The number of fused-ring (bicyclic) bond motifs is 1. The maximum absolute atomic E-state index is 12.7. The highest BCUT2D eigenvalue weighted by Gasteiger charge is 2.20. The average molecular weight is 301 g/mol. The minimum absolute atomic E-state index is 0.0592. The van der Waals surface area contributed by atoms with Crippen molar-refractivity contribution in [2.75, 3.05) is 24.6 Å². The van der Waals surface area contributed by atoms with Crippen molar-refractivity contribution in [3.63, 3.8) is 0 Å². The molecule has 2 heterocycles. The van der Waals surface area contributed by atoms with E-state index >= 15 is 0 Å². The van der Waals surface area contributed by atoms with Crippen LogP contribution in [0.2, 0.25) is 0 Å². The van der Waals surface area contributed by atoms with E-state index in [0.717, 1.165) is 25.0 Å². The second-order valence-corrected chi connectivity index (χ2v) is 6.16. The number of benzene rings is 1. The van der Waals surface area contributed by atoms with E-state index in [-0.39, 0.29) is 18.7 Å². The van der Waals surface area contributed by atoms with Crippen molar-refractivity contribution >= 4 is 16.9 Å². The topological polar surface area (TPSA) is 58.4 Å². The van der Waals surface area contributed by atoms with Gasteiger partial charge in [0.15, 0.2) is 0 Å². The number of hydrogen-bond acceptors (Lipinski definition) is 4. The van der Waals surface area contributed by atoms with Crippen LogP contribution in [0.25, 0.3) is 10.9 Å². The van der Waals surface area contributed by atoms with Crippen LogP contribution in [-0.2, 0) is 6.54 Å². The zero-order valence-electron chi connectivity index (χ0n) is 13.0. The molecule has 1 aromatic carbocycles. The second-order valence-electron chi connectivity index (χ2n) is 6.16. The Morgan fingerprint density at radius 3 is 2.95 bits per heavy atom. The third-order valence-corrected chi connectivity index (χ3v) is 4.35. The number of aliphatic hydroxyl groups is 1. The Kier molecular flexibility index (Phi) is 4.43. The smallest absolute Gasteiger partial charge is 0.262 e. The van der Waals surface area contributed by atoms with Crippen LogP contribution in [0, 0.1) is 5.92 Å². The van der Waals surface area contributed by atoms with Gasteiger partial charge >= 0.3 is 0 Å². The van der Waals surface area contributed by atoms with E-state index in [2.05, 4.69) is 11.8 Å². The number of aromatic nitrogens is 2. The molecule has 0 saturated carbocycles.